The average Bonchev–Trinajstić information content (AvgIpc) is 3.47. The zero-order valence-corrected chi connectivity index (χ0v) is 21.0. The minimum Gasteiger partial charge on any atom is -0.457 e. The standard InChI is InChI=1S/C25H25F3N8O3/c1-14(37)30-22-12-18(5-8-29-22)39-17-3-4-19-20(11-17)32-24(31-19)33-23-13-21(25(26,27)28)36(34-23)16-6-9-35(10-7-16)15(2)38/h3-5,8,11-13,16H,6-7,9-10H2,1-2H3,(H,29,30,37)(H2,31,32,33,34). The number of aromatic amines is 1. The Morgan fingerprint density at radius 3 is 2.49 bits per heavy atom. The molecule has 1 saturated heterocycles. The number of carbonyl (C=O) groups is 2. The molecule has 0 atom stereocenters. The van der Waals surface area contributed by atoms with Crippen LogP contribution in [-0.2, 0) is 15.8 Å². The van der Waals surface area contributed by atoms with E-state index in [0.717, 1.165) is 10.7 Å². The number of aromatic nitrogens is 5. The van der Waals surface area contributed by atoms with Crippen molar-refractivity contribution in [3.8, 4) is 11.5 Å². The van der Waals surface area contributed by atoms with Crippen LogP contribution in [0.2, 0.25) is 0 Å². The van der Waals surface area contributed by atoms with Crippen LogP contribution in [0.15, 0.2) is 42.6 Å². The first-order valence-electron chi connectivity index (χ1n) is 12.2. The molecule has 1 aliphatic rings. The maximum Gasteiger partial charge on any atom is 0.433 e. The minimum absolute atomic E-state index is 0.00543. The molecule has 0 bridgehead atoms. The van der Waals surface area contributed by atoms with Crippen molar-refractivity contribution < 1.29 is 27.5 Å². The summed E-state index contributed by atoms with van der Waals surface area (Å²) in [4.78, 5) is 35.9. The molecular formula is C25H25F3N8O3. The number of alkyl halides is 3. The number of hydrogen-bond donors (Lipinski definition) is 3. The third-order valence-electron chi connectivity index (χ3n) is 6.25. The van der Waals surface area contributed by atoms with Crippen LogP contribution in [0.3, 0.4) is 0 Å². The molecule has 4 heterocycles. The lowest BCUT2D eigenvalue weighted by atomic mass is 10.0. The number of rotatable bonds is 6. The Morgan fingerprint density at radius 2 is 1.79 bits per heavy atom. The number of fused-ring (bicyclic) bond motifs is 1. The molecule has 39 heavy (non-hydrogen) atoms. The normalized spacial score (nSPS) is 14.4. The summed E-state index contributed by atoms with van der Waals surface area (Å²) in [5.74, 6) is 1.11. The summed E-state index contributed by atoms with van der Waals surface area (Å²) >= 11 is 0. The molecule has 1 fully saturated rings. The predicted octanol–water partition coefficient (Wildman–Crippen LogP) is 4.85. The topological polar surface area (TPSA) is 130 Å². The van der Waals surface area contributed by atoms with Crippen molar-refractivity contribution in [1.29, 1.82) is 0 Å². The molecule has 11 nitrogen and oxygen atoms in total. The van der Waals surface area contributed by atoms with Crippen molar-refractivity contribution in [2.24, 2.45) is 0 Å². The van der Waals surface area contributed by atoms with Crippen molar-refractivity contribution in [3.63, 3.8) is 0 Å². The molecule has 4 aromatic rings. The fraction of sp³-hybridized carbons (Fsp3) is 0.320. The Balaban J connectivity index is 1.34. The summed E-state index contributed by atoms with van der Waals surface area (Å²) in [7, 11) is 0. The summed E-state index contributed by atoms with van der Waals surface area (Å²) in [5, 5.41) is 9.62. The fourth-order valence-electron chi connectivity index (χ4n) is 4.46. The van der Waals surface area contributed by atoms with Gasteiger partial charge in [0, 0.05) is 51.3 Å². The van der Waals surface area contributed by atoms with E-state index in [1.54, 1.807) is 35.2 Å². The van der Waals surface area contributed by atoms with Crippen LogP contribution in [0.5, 0.6) is 11.5 Å². The number of nitrogens with zero attached hydrogens (tertiary/aromatic N) is 5. The third-order valence-corrected chi connectivity index (χ3v) is 6.25. The van der Waals surface area contributed by atoms with Crippen LogP contribution < -0.4 is 15.4 Å². The van der Waals surface area contributed by atoms with Gasteiger partial charge in [0.15, 0.2) is 5.82 Å². The number of amides is 2. The average molecular weight is 543 g/mol. The van der Waals surface area contributed by atoms with Gasteiger partial charge in [-0.2, -0.15) is 18.3 Å². The van der Waals surface area contributed by atoms with Gasteiger partial charge in [-0.25, -0.2) is 9.97 Å². The minimum atomic E-state index is -4.60. The number of carbonyl (C=O) groups excluding carboxylic acids is 2. The van der Waals surface area contributed by atoms with E-state index in [1.807, 2.05) is 0 Å². The molecule has 3 aromatic heterocycles. The van der Waals surface area contributed by atoms with Gasteiger partial charge in [-0.3, -0.25) is 14.3 Å². The van der Waals surface area contributed by atoms with E-state index in [4.69, 9.17) is 4.74 Å². The number of piperidine rings is 1. The summed E-state index contributed by atoms with van der Waals surface area (Å²) in [6.07, 6.45) is -2.35. The first-order chi connectivity index (χ1) is 18.5. The number of imidazole rings is 1. The van der Waals surface area contributed by atoms with E-state index in [0.29, 0.717) is 54.3 Å². The number of benzene rings is 1. The van der Waals surface area contributed by atoms with Crippen molar-refractivity contribution in [2.75, 3.05) is 23.7 Å². The van der Waals surface area contributed by atoms with Crippen molar-refractivity contribution in [1.82, 2.24) is 29.6 Å². The highest BCUT2D eigenvalue weighted by Gasteiger charge is 2.38. The second kappa shape index (κ2) is 10.3. The number of nitrogens with one attached hydrogen (secondary N) is 3. The number of ether oxygens (including phenoxy) is 1. The second-order valence-electron chi connectivity index (χ2n) is 9.14. The lowest BCUT2D eigenvalue weighted by Crippen LogP contribution is -2.38. The van der Waals surface area contributed by atoms with Crippen LogP contribution in [0.1, 0.15) is 38.4 Å². The van der Waals surface area contributed by atoms with E-state index in [9.17, 15) is 22.8 Å². The van der Waals surface area contributed by atoms with Crippen LogP contribution >= 0.6 is 0 Å². The summed E-state index contributed by atoms with van der Waals surface area (Å²) in [6, 6.07) is 8.75. The molecule has 0 unspecified atom stereocenters. The molecular weight excluding hydrogens is 517 g/mol. The molecule has 0 radical (unpaired) electrons. The van der Waals surface area contributed by atoms with E-state index < -0.39 is 17.9 Å². The summed E-state index contributed by atoms with van der Waals surface area (Å²) in [5.41, 5.74) is 0.276. The Hall–Kier alpha value is -4.62. The van der Waals surface area contributed by atoms with Gasteiger partial charge in [-0.1, -0.05) is 0 Å². The Labute approximate surface area is 220 Å². The van der Waals surface area contributed by atoms with Gasteiger partial charge >= 0.3 is 6.18 Å². The van der Waals surface area contributed by atoms with Crippen LogP contribution in [0.4, 0.5) is 30.8 Å². The number of hydrogen-bond acceptors (Lipinski definition) is 7. The summed E-state index contributed by atoms with van der Waals surface area (Å²) in [6.45, 7) is 3.58. The molecule has 14 heteroatoms. The molecule has 0 spiro atoms. The first-order valence-corrected chi connectivity index (χ1v) is 12.2. The molecule has 3 N–H and O–H groups in total. The smallest absolute Gasteiger partial charge is 0.433 e. The Kier molecular flexibility index (Phi) is 6.85. The SMILES string of the molecule is CC(=O)Nc1cc(Oc2ccc3nc(Nc4cc(C(F)(F)F)n(C5CCN(C(C)=O)CC5)n4)[nH]c3c2)ccn1. The van der Waals surface area contributed by atoms with Gasteiger partial charge in [0.2, 0.25) is 17.8 Å². The van der Waals surface area contributed by atoms with E-state index in [2.05, 4.69) is 30.7 Å². The lowest BCUT2D eigenvalue weighted by Gasteiger charge is -2.32. The number of likely N-dealkylation sites (tertiary alicyclic amines) is 1. The van der Waals surface area contributed by atoms with Crippen LogP contribution in [0.25, 0.3) is 11.0 Å². The lowest BCUT2D eigenvalue weighted by molar-refractivity contribution is -0.146. The zero-order chi connectivity index (χ0) is 27.7. The van der Waals surface area contributed by atoms with Gasteiger partial charge in [0.05, 0.1) is 17.1 Å². The third kappa shape index (κ3) is 5.94. The van der Waals surface area contributed by atoms with Gasteiger partial charge in [0.25, 0.3) is 0 Å². The van der Waals surface area contributed by atoms with Gasteiger partial charge in [-0.15, -0.1) is 0 Å². The maximum absolute atomic E-state index is 13.8. The molecule has 0 aliphatic carbocycles. The van der Waals surface area contributed by atoms with E-state index in [1.165, 1.54) is 20.0 Å². The highest BCUT2D eigenvalue weighted by Crippen LogP contribution is 2.36. The highest BCUT2D eigenvalue weighted by molar-refractivity contribution is 5.87. The Bertz CT molecular complexity index is 1520. The second-order valence-corrected chi connectivity index (χ2v) is 9.14. The van der Waals surface area contributed by atoms with E-state index in [-0.39, 0.29) is 23.6 Å². The molecule has 1 aliphatic heterocycles. The van der Waals surface area contributed by atoms with Crippen molar-refractivity contribution in [2.45, 2.75) is 38.9 Å². The molecule has 5 rings (SSSR count). The molecule has 0 saturated carbocycles. The van der Waals surface area contributed by atoms with Crippen LogP contribution in [0, 0.1) is 0 Å². The van der Waals surface area contributed by atoms with E-state index >= 15 is 0 Å². The number of anilines is 3. The quantitative estimate of drug-likeness (QED) is 0.318. The maximum atomic E-state index is 13.8. The van der Waals surface area contributed by atoms with Crippen LogP contribution in [-0.4, -0.2) is 54.5 Å². The first kappa shape index (κ1) is 26.0. The number of pyridine rings is 1. The van der Waals surface area contributed by atoms with Crippen molar-refractivity contribution in [3.05, 3.63) is 48.3 Å². The van der Waals surface area contributed by atoms with Gasteiger partial charge in [-0.05, 0) is 31.0 Å². The fourth-order valence-corrected chi connectivity index (χ4v) is 4.46. The summed E-state index contributed by atoms with van der Waals surface area (Å²) < 4.78 is 48.3. The molecule has 1 aromatic carbocycles. The largest absolute Gasteiger partial charge is 0.457 e. The number of H-pyrrole nitrogens is 1. The zero-order valence-electron chi connectivity index (χ0n) is 21.0. The van der Waals surface area contributed by atoms with Gasteiger partial charge < -0.3 is 25.3 Å². The Morgan fingerprint density at radius 1 is 1.05 bits per heavy atom. The highest BCUT2D eigenvalue weighted by atomic mass is 19.4. The monoisotopic (exact) mass is 542 g/mol. The van der Waals surface area contributed by atoms with Gasteiger partial charge in [0.1, 0.15) is 23.0 Å². The predicted molar refractivity (Wildman–Crippen MR) is 136 cm³/mol. The van der Waals surface area contributed by atoms with Crippen molar-refractivity contribution >= 4 is 40.4 Å². The number of halogens is 3. The molecule has 2 amide bonds. The molecule has 204 valence electrons.